The smallest absolute Gasteiger partial charge is 0.0707 e. The largest absolute Gasteiger partial charge is 0.257 e. The van der Waals surface area contributed by atoms with Crippen molar-refractivity contribution in [2.24, 2.45) is 4.99 Å². The van der Waals surface area contributed by atoms with Gasteiger partial charge in [0.1, 0.15) is 0 Å². The van der Waals surface area contributed by atoms with Crippen molar-refractivity contribution in [3.63, 3.8) is 0 Å². The second-order valence-electron chi connectivity index (χ2n) is 6.00. The third-order valence-corrected chi connectivity index (χ3v) is 4.42. The molecule has 1 aromatic rings. The highest BCUT2D eigenvalue weighted by Gasteiger charge is 2.16. The van der Waals surface area contributed by atoms with E-state index in [-0.39, 0.29) is 0 Å². The summed E-state index contributed by atoms with van der Waals surface area (Å²) in [6, 6.07) is 8.63. The molecule has 3 rings (SSSR count). The molecule has 0 radical (unpaired) electrons. The van der Waals surface area contributed by atoms with Crippen LogP contribution in [0.5, 0.6) is 0 Å². The average molecular weight is 265 g/mol. The van der Waals surface area contributed by atoms with Crippen molar-refractivity contribution >= 4 is 17.0 Å². The van der Waals surface area contributed by atoms with Gasteiger partial charge in [-0.1, -0.05) is 36.3 Å². The van der Waals surface area contributed by atoms with E-state index < -0.39 is 0 Å². The monoisotopic (exact) mass is 265 g/mol. The van der Waals surface area contributed by atoms with E-state index in [0.717, 1.165) is 12.1 Å². The Bertz CT molecular complexity index is 594. The molecule has 0 heterocycles. The fraction of sp³-hybridized carbons (Fsp3) is 0.421. The van der Waals surface area contributed by atoms with Gasteiger partial charge in [0, 0.05) is 11.3 Å². The third kappa shape index (κ3) is 2.63. The number of nitrogens with zero attached hydrogens (tertiary/aromatic N) is 1. The Morgan fingerprint density at radius 3 is 2.40 bits per heavy atom. The van der Waals surface area contributed by atoms with E-state index in [0.29, 0.717) is 0 Å². The van der Waals surface area contributed by atoms with Crippen LogP contribution in [-0.2, 0) is 0 Å². The minimum Gasteiger partial charge on any atom is -0.257 e. The predicted molar refractivity (Wildman–Crippen MR) is 87.6 cm³/mol. The summed E-state index contributed by atoms with van der Waals surface area (Å²) in [6.45, 7) is 4.46. The summed E-state index contributed by atoms with van der Waals surface area (Å²) in [6.07, 6.45) is 9.76. The molecule has 1 saturated carbocycles. The second-order valence-corrected chi connectivity index (χ2v) is 6.00. The predicted octanol–water partition coefficient (Wildman–Crippen LogP) is 5.85. The second kappa shape index (κ2) is 5.78. The highest BCUT2D eigenvalue weighted by molar-refractivity contribution is 5.92. The van der Waals surface area contributed by atoms with E-state index in [4.69, 9.17) is 4.99 Å². The van der Waals surface area contributed by atoms with E-state index in [2.05, 4.69) is 44.2 Å². The summed E-state index contributed by atoms with van der Waals surface area (Å²) in [4.78, 5) is 4.99. The fourth-order valence-electron chi connectivity index (χ4n) is 3.31. The summed E-state index contributed by atoms with van der Waals surface area (Å²) in [7, 11) is 0. The quantitative estimate of drug-likeness (QED) is 0.636. The number of benzene rings is 1. The van der Waals surface area contributed by atoms with Gasteiger partial charge in [0.2, 0.25) is 0 Å². The highest BCUT2D eigenvalue weighted by Crippen LogP contribution is 2.38. The first-order valence-corrected chi connectivity index (χ1v) is 7.78. The van der Waals surface area contributed by atoms with Crippen molar-refractivity contribution in [2.45, 2.75) is 52.4 Å². The van der Waals surface area contributed by atoms with Gasteiger partial charge >= 0.3 is 0 Å². The number of hydrogen-bond acceptors (Lipinski definition) is 1. The lowest BCUT2D eigenvalue weighted by Crippen LogP contribution is -2.04. The first-order valence-electron chi connectivity index (χ1n) is 7.78. The number of para-hydroxylation sites is 1. The molecule has 1 heteroatoms. The lowest BCUT2D eigenvalue weighted by Gasteiger charge is -2.15. The molecule has 0 aromatic heterocycles. The van der Waals surface area contributed by atoms with Crippen LogP contribution in [0.15, 0.2) is 46.5 Å². The third-order valence-electron chi connectivity index (χ3n) is 4.42. The molecule has 20 heavy (non-hydrogen) atoms. The van der Waals surface area contributed by atoms with Crippen molar-refractivity contribution in [3.8, 4) is 0 Å². The zero-order valence-electron chi connectivity index (χ0n) is 12.6. The molecule has 0 atom stereocenters. The summed E-state index contributed by atoms with van der Waals surface area (Å²) in [5.74, 6) is 0. The maximum Gasteiger partial charge on any atom is 0.0707 e. The molecular formula is C19H23N. The van der Waals surface area contributed by atoms with Crippen molar-refractivity contribution in [2.75, 3.05) is 0 Å². The molecule has 0 N–H and O–H groups in total. The van der Waals surface area contributed by atoms with Crippen LogP contribution in [0.4, 0.5) is 5.69 Å². The van der Waals surface area contributed by atoms with Gasteiger partial charge in [-0.3, -0.25) is 4.99 Å². The van der Waals surface area contributed by atoms with Gasteiger partial charge in [-0.05, 0) is 63.2 Å². The Hall–Kier alpha value is -1.63. The normalized spacial score (nSPS) is 19.3. The molecule has 0 unspecified atom stereocenters. The first-order chi connectivity index (χ1) is 9.75. The van der Waals surface area contributed by atoms with E-state index in [1.165, 1.54) is 60.1 Å². The lowest BCUT2D eigenvalue weighted by atomic mass is 9.96. The number of aliphatic imine (C=N–C) groups is 1. The van der Waals surface area contributed by atoms with Crippen LogP contribution in [-0.4, -0.2) is 5.71 Å². The molecule has 1 fully saturated rings. The number of hydrogen-bond donors (Lipinski definition) is 0. The minimum atomic E-state index is 1.09. The van der Waals surface area contributed by atoms with Crippen molar-refractivity contribution in [1.29, 1.82) is 0 Å². The van der Waals surface area contributed by atoms with E-state index in [1.54, 1.807) is 0 Å². The van der Waals surface area contributed by atoms with Crippen LogP contribution in [0.3, 0.4) is 0 Å². The molecular weight excluding hydrogens is 242 g/mol. The van der Waals surface area contributed by atoms with Gasteiger partial charge in [-0.15, -0.1) is 0 Å². The zero-order chi connectivity index (χ0) is 13.9. The van der Waals surface area contributed by atoms with E-state index in [1.807, 2.05) is 0 Å². The molecule has 2 aliphatic rings. The Balaban J connectivity index is 2.01. The molecule has 0 spiro atoms. The molecule has 0 aliphatic heterocycles. The maximum atomic E-state index is 4.99. The van der Waals surface area contributed by atoms with Crippen molar-refractivity contribution in [1.82, 2.24) is 0 Å². The zero-order valence-corrected chi connectivity index (χ0v) is 12.6. The molecule has 1 nitrogen and oxygen atoms in total. The molecule has 1 aromatic carbocycles. The SMILES string of the molecule is CC1=CCC(C)=C1c1ccccc1N=C1CCCCC1. The molecule has 2 aliphatic carbocycles. The molecule has 0 bridgehead atoms. The van der Waals surface area contributed by atoms with Crippen LogP contribution >= 0.6 is 0 Å². The topological polar surface area (TPSA) is 12.4 Å². The maximum absolute atomic E-state index is 4.99. The number of allylic oxidation sites excluding steroid dienone is 4. The number of rotatable bonds is 2. The molecule has 104 valence electrons. The average Bonchev–Trinajstić information content (AvgIpc) is 2.80. The minimum absolute atomic E-state index is 1.09. The molecule has 0 saturated heterocycles. The summed E-state index contributed by atoms with van der Waals surface area (Å²) in [5, 5.41) is 0. The van der Waals surface area contributed by atoms with E-state index >= 15 is 0 Å². The lowest BCUT2D eigenvalue weighted by molar-refractivity contribution is 0.667. The van der Waals surface area contributed by atoms with Gasteiger partial charge in [0.25, 0.3) is 0 Å². The van der Waals surface area contributed by atoms with Crippen LogP contribution in [0, 0.1) is 0 Å². The Kier molecular flexibility index (Phi) is 3.86. The van der Waals surface area contributed by atoms with Gasteiger partial charge in [0.15, 0.2) is 0 Å². The van der Waals surface area contributed by atoms with Crippen LogP contribution in [0.2, 0.25) is 0 Å². The Labute approximate surface area is 122 Å². The summed E-state index contributed by atoms with van der Waals surface area (Å²) >= 11 is 0. The van der Waals surface area contributed by atoms with Crippen LogP contribution in [0.1, 0.15) is 57.9 Å². The Morgan fingerprint density at radius 1 is 0.950 bits per heavy atom. The van der Waals surface area contributed by atoms with Gasteiger partial charge in [-0.25, -0.2) is 0 Å². The van der Waals surface area contributed by atoms with Crippen LogP contribution < -0.4 is 0 Å². The Morgan fingerprint density at radius 2 is 1.70 bits per heavy atom. The van der Waals surface area contributed by atoms with Crippen molar-refractivity contribution in [3.05, 3.63) is 47.1 Å². The summed E-state index contributed by atoms with van der Waals surface area (Å²) in [5.41, 5.74) is 8.16. The molecule has 0 amide bonds. The highest BCUT2D eigenvalue weighted by atomic mass is 14.8. The van der Waals surface area contributed by atoms with Crippen molar-refractivity contribution < 1.29 is 0 Å². The van der Waals surface area contributed by atoms with Gasteiger partial charge in [0.05, 0.1) is 5.69 Å². The van der Waals surface area contributed by atoms with Gasteiger partial charge < -0.3 is 0 Å². The van der Waals surface area contributed by atoms with Gasteiger partial charge in [-0.2, -0.15) is 0 Å². The first kappa shape index (κ1) is 13.4. The van der Waals surface area contributed by atoms with Crippen LogP contribution in [0.25, 0.3) is 5.57 Å². The van der Waals surface area contributed by atoms with E-state index in [9.17, 15) is 0 Å². The summed E-state index contributed by atoms with van der Waals surface area (Å²) < 4.78 is 0. The fourth-order valence-corrected chi connectivity index (χ4v) is 3.31. The standard InChI is InChI=1S/C19H23N/c1-14-12-13-15(2)19(14)17-10-6-7-11-18(17)20-16-8-4-3-5-9-16/h6-7,10-12H,3-5,8-9,13H2,1-2H3.